The van der Waals surface area contributed by atoms with Gasteiger partial charge in [-0.15, -0.1) is 11.6 Å². The Balaban J connectivity index is 4.56. The molecule has 0 aromatic carbocycles. The Morgan fingerprint density at radius 2 is 1.50 bits per heavy atom. The topological polar surface area (TPSA) is 17.1 Å². The van der Waals surface area contributed by atoms with Crippen LogP contribution in [-0.2, 0) is 4.57 Å². The van der Waals surface area contributed by atoms with Gasteiger partial charge in [-0.3, -0.25) is 4.57 Å². The molecule has 1 nitrogen and oxygen atoms in total. The van der Waals surface area contributed by atoms with Gasteiger partial charge >= 0.3 is 0 Å². The molecule has 0 saturated heterocycles. The van der Waals surface area contributed by atoms with E-state index in [1.165, 1.54) is 0 Å². The Kier molecular flexibility index (Phi) is 4.61. The Morgan fingerprint density at radius 3 is 1.58 bits per heavy atom. The van der Waals surface area contributed by atoms with E-state index in [1.807, 2.05) is 0 Å². The molecule has 0 fully saturated rings. The van der Waals surface area contributed by atoms with Crippen LogP contribution in [0.15, 0.2) is 0 Å². The zero-order valence-electron chi connectivity index (χ0n) is 6.45. The van der Waals surface area contributed by atoms with E-state index >= 15 is 0 Å². The maximum Gasteiger partial charge on any atom is 0.287 e. The molecule has 0 heterocycles. The highest BCUT2D eigenvalue weighted by atomic mass is 35.9. The molecule has 12 heavy (non-hydrogen) atoms. The fraction of sp³-hybridized carbons (Fsp3) is 1.00. The van der Waals surface area contributed by atoms with Crippen molar-refractivity contribution >= 4 is 63.1 Å². The van der Waals surface area contributed by atoms with Gasteiger partial charge in [0.05, 0.1) is 0 Å². The normalized spacial score (nSPS) is 14.9. The van der Waals surface area contributed by atoms with Crippen molar-refractivity contribution in [3.63, 3.8) is 0 Å². The average Bonchev–Trinajstić information content (AvgIpc) is 1.52. The smallest absolute Gasteiger partial charge is 0.286 e. The Labute approximate surface area is 96.6 Å². The lowest BCUT2D eigenvalue weighted by atomic mass is 10.1. The standard InChI is InChI=1S/C5H8Cl5OP/c1-4(2,6)3-5(7,8)12(9,10)11/h3H2,1-2H3. The van der Waals surface area contributed by atoms with Crippen molar-refractivity contribution in [2.45, 2.75) is 29.2 Å². The van der Waals surface area contributed by atoms with Crippen LogP contribution in [0.1, 0.15) is 20.3 Å². The summed E-state index contributed by atoms with van der Waals surface area (Å²) in [6.07, 6.45) is 0.0505. The minimum Gasteiger partial charge on any atom is -0.286 e. The molecule has 0 aliphatic rings. The van der Waals surface area contributed by atoms with Gasteiger partial charge < -0.3 is 0 Å². The first-order chi connectivity index (χ1) is 4.96. The quantitative estimate of drug-likeness (QED) is 0.516. The molecule has 0 aliphatic heterocycles. The molecule has 74 valence electrons. The Bertz CT molecular complexity index is 202. The summed E-state index contributed by atoms with van der Waals surface area (Å²) < 4.78 is 9.44. The van der Waals surface area contributed by atoms with Crippen LogP contribution in [0.5, 0.6) is 0 Å². The maximum absolute atomic E-state index is 11.1. The number of hydrogen-bond acceptors (Lipinski definition) is 1. The van der Waals surface area contributed by atoms with Gasteiger partial charge in [-0.1, -0.05) is 23.2 Å². The van der Waals surface area contributed by atoms with Crippen LogP contribution in [0.3, 0.4) is 0 Å². The first kappa shape index (κ1) is 13.7. The zero-order chi connectivity index (χ0) is 10.2. The van der Waals surface area contributed by atoms with Crippen LogP contribution >= 0.6 is 63.1 Å². The van der Waals surface area contributed by atoms with E-state index in [-0.39, 0.29) is 6.42 Å². The molecule has 0 atom stereocenters. The monoisotopic (exact) mass is 290 g/mol. The molecule has 0 spiro atoms. The number of rotatable bonds is 3. The number of alkyl halides is 3. The highest BCUT2D eigenvalue weighted by Gasteiger charge is 2.46. The van der Waals surface area contributed by atoms with Crippen LogP contribution in [-0.4, -0.2) is 8.95 Å². The van der Waals surface area contributed by atoms with Crippen LogP contribution in [0.25, 0.3) is 0 Å². The summed E-state index contributed by atoms with van der Waals surface area (Å²) in [4.78, 5) is -0.692. The predicted octanol–water partition coefficient (Wildman–Crippen LogP) is 5.20. The summed E-state index contributed by atoms with van der Waals surface area (Å²) in [5, 5.41) is 0. The van der Waals surface area contributed by atoms with Gasteiger partial charge in [0.2, 0.25) is 0 Å². The van der Waals surface area contributed by atoms with E-state index < -0.39 is 14.8 Å². The second-order valence-electron chi connectivity index (χ2n) is 3.02. The van der Waals surface area contributed by atoms with E-state index in [2.05, 4.69) is 0 Å². The Morgan fingerprint density at radius 1 is 1.17 bits per heavy atom. The van der Waals surface area contributed by atoms with E-state index in [9.17, 15) is 4.57 Å². The summed E-state index contributed by atoms with van der Waals surface area (Å²) in [5.41, 5.74) is 0. The van der Waals surface area contributed by atoms with E-state index in [1.54, 1.807) is 13.8 Å². The largest absolute Gasteiger partial charge is 0.287 e. The second-order valence-corrected chi connectivity index (χ2v) is 11.1. The van der Waals surface area contributed by atoms with Gasteiger partial charge in [-0.2, -0.15) is 0 Å². The van der Waals surface area contributed by atoms with Gasteiger partial charge in [0.1, 0.15) is 0 Å². The number of hydrogen-bond donors (Lipinski definition) is 0. The molecular formula is C5H8Cl5OP. The molecule has 0 aromatic heterocycles. The van der Waals surface area contributed by atoms with Crippen LogP contribution in [0, 0.1) is 0 Å². The lowest BCUT2D eigenvalue weighted by Gasteiger charge is -2.26. The molecule has 0 unspecified atom stereocenters. The van der Waals surface area contributed by atoms with E-state index in [0.29, 0.717) is 0 Å². The van der Waals surface area contributed by atoms with Crippen molar-refractivity contribution in [2.75, 3.05) is 0 Å². The van der Waals surface area contributed by atoms with Crippen LogP contribution in [0.2, 0.25) is 0 Å². The van der Waals surface area contributed by atoms with Gasteiger partial charge in [-0.25, -0.2) is 0 Å². The summed E-state index contributed by atoms with van der Waals surface area (Å²) in [6.45, 7) is 3.36. The van der Waals surface area contributed by atoms with Crippen LogP contribution < -0.4 is 0 Å². The number of halogens is 5. The Hall–Kier alpha value is 1.68. The van der Waals surface area contributed by atoms with Crippen molar-refractivity contribution < 1.29 is 4.57 Å². The van der Waals surface area contributed by atoms with Gasteiger partial charge in [0, 0.05) is 11.3 Å². The highest BCUT2D eigenvalue weighted by Crippen LogP contribution is 2.72. The summed E-state index contributed by atoms with van der Waals surface area (Å²) in [6, 6.07) is 0. The van der Waals surface area contributed by atoms with E-state index in [4.69, 9.17) is 57.3 Å². The minimum atomic E-state index is -3.57. The third kappa shape index (κ3) is 4.79. The summed E-state index contributed by atoms with van der Waals surface area (Å²) in [5.74, 6) is -3.57. The predicted molar refractivity (Wildman–Crippen MR) is 58.3 cm³/mol. The first-order valence-corrected chi connectivity index (χ1v) is 7.67. The van der Waals surface area contributed by atoms with Crippen LogP contribution in [0.4, 0.5) is 0 Å². The molecule has 0 saturated carbocycles. The second kappa shape index (κ2) is 4.04. The van der Waals surface area contributed by atoms with Crippen molar-refractivity contribution in [3.05, 3.63) is 0 Å². The van der Waals surface area contributed by atoms with Crippen molar-refractivity contribution in [2.24, 2.45) is 0 Å². The van der Waals surface area contributed by atoms with Gasteiger partial charge in [-0.05, 0) is 36.3 Å². The third-order valence-corrected chi connectivity index (χ3v) is 6.53. The van der Waals surface area contributed by atoms with Crippen molar-refractivity contribution in [3.8, 4) is 0 Å². The molecule has 0 aromatic rings. The molecule has 0 rings (SSSR count). The molecule has 0 aliphatic carbocycles. The minimum absolute atomic E-state index is 0.0505. The molecule has 0 bridgehead atoms. The molecule has 0 amide bonds. The lowest BCUT2D eigenvalue weighted by Crippen LogP contribution is -2.22. The molecule has 0 radical (unpaired) electrons. The van der Waals surface area contributed by atoms with Crippen molar-refractivity contribution in [1.82, 2.24) is 0 Å². The summed E-state index contributed by atoms with van der Waals surface area (Å²) in [7, 11) is 0. The molecule has 0 N–H and O–H groups in total. The summed E-state index contributed by atoms with van der Waals surface area (Å²) >= 11 is 27.8. The molecular weight excluding hydrogens is 284 g/mol. The zero-order valence-corrected chi connectivity index (χ0v) is 11.1. The van der Waals surface area contributed by atoms with Gasteiger partial charge in [0.15, 0.2) is 4.07 Å². The average molecular weight is 292 g/mol. The fourth-order valence-electron chi connectivity index (χ4n) is 0.598. The highest BCUT2D eigenvalue weighted by molar-refractivity contribution is 8.11. The molecule has 7 heteroatoms. The van der Waals surface area contributed by atoms with Crippen molar-refractivity contribution in [1.29, 1.82) is 0 Å². The SMILES string of the molecule is CC(C)(Cl)CC(Cl)(Cl)P(=O)(Cl)Cl. The fourth-order valence-corrected chi connectivity index (χ4v) is 2.63. The first-order valence-electron chi connectivity index (χ1n) is 3.02. The van der Waals surface area contributed by atoms with Gasteiger partial charge in [0.25, 0.3) is 5.85 Å². The lowest BCUT2D eigenvalue weighted by molar-refractivity contribution is 0.572. The third-order valence-electron chi connectivity index (χ3n) is 1.01. The maximum atomic E-state index is 11.1. The van der Waals surface area contributed by atoms with E-state index in [0.717, 1.165) is 0 Å².